The number of hydrogen-bond acceptors (Lipinski definition) is 1. The van der Waals surface area contributed by atoms with E-state index in [1.54, 1.807) is 0 Å². The number of nitrogens with zero attached hydrogens (tertiary/aromatic N) is 1. The second kappa shape index (κ2) is 6.89. The van der Waals surface area contributed by atoms with E-state index in [0.717, 1.165) is 24.8 Å². The Hall–Kier alpha value is -3.71. The first-order chi connectivity index (χ1) is 16.3. The highest BCUT2D eigenvalue weighted by Gasteiger charge is 2.27. The van der Waals surface area contributed by atoms with Crippen molar-refractivity contribution in [1.82, 2.24) is 4.98 Å². The quantitative estimate of drug-likeness (QED) is 0.254. The van der Waals surface area contributed by atoms with E-state index in [2.05, 4.69) is 92.7 Å². The van der Waals surface area contributed by atoms with Crippen molar-refractivity contribution in [3.05, 3.63) is 101 Å². The van der Waals surface area contributed by atoms with Crippen LogP contribution >= 0.6 is 0 Å². The van der Waals surface area contributed by atoms with Crippen LogP contribution < -0.4 is 0 Å². The van der Waals surface area contributed by atoms with Gasteiger partial charge in [0.05, 0.1) is 5.52 Å². The third kappa shape index (κ3) is 2.51. The molecular formula is C32H25N. The first-order valence-electron chi connectivity index (χ1n) is 12.1. The largest absolute Gasteiger partial charge is 0.252 e. The molecule has 1 aromatic heterocycles. The summed E-state index contributed by atoms with van der Waals surface area (Å²) in [7, 11) is 0. The highest BCUT2D eigenvalue weighted by atomic mass is 14.7. The van der Waals surface area contributed by atoms with E-state index in [1.165, 1.54) is 71.2 Å². The Morgan fingerprint density at radius 3 is 2.27 bits per heavy atom. The first kappa shape index (κ1) is 18.8. The van der Waals surface area contributed by atoms with Gasteiger partial charge in [-0.2, -0.15) is 0 Å². The van der Waals surface area contributed by atoms with Crippen LogP contribution in [0.4, 0.5) is 0 Å². The van der Waals surface area contributed by atoms with Gasteiger partial charge in [0.2, 0.25) is 0 Å². The molecular weight excluding hydrogens is 398 g/mol. The lowest BCUT2D eigenvalue weighted by Crippen LogP contribution is -1.98. The number of benzene rings is 5. The van der Waals surface area contributed by atoms with Gasteiger partial charge in [0, 0.05) is 16.5 Å². The van der Waals surface area contributed by atoms with Crippen molar-refractivity contribution in [1.29, 1.82) is 0 Å². The van der Waals surface area contributed by atoms with Crippen LogP contribution in [-0.2, 0) is 19.3 Å². The maximum atomic E-state index is 5.21. The smallest absolute Gasteiger partial charge is 0.0714 e. The van der Waals surface area contributed by atoms with Crippen LogP contribution in [0.3, 0.4) is 0 Å². The minimum absolute atomic E-state index is 0.932. The predicted molar refractivity (Wildman–Crippen MR) is 141 cm³/mol. The molecule has 0 saturated heterocycles. The van der Waals surface area contributed by atoms with Gasteiger partial charge in [-0.1, -0.05) is 86.6 Å². The average Bonchev–Trinajstić information content (AvgIpc) is 3.28. The number of rotatable bonds is 2. The molecule has 0 bridgehead atoms. The zero-order valence-corrected chi connectivity index (χ0v) is 19.1. The average molecular weight is 424 g/mol. The molecule has 1 heterocycles. The van der Waals surface area contributed by atoms with Crippen LogP contribution in [0.25, 0.3) is 54.3 Å². The lowest BCUT2D eigenvalue weighted by atomic mass is 9.87. The first-order valence-corrected chi connectivity index (χ1v) is 12.1. The second-order valence-electron chi connectivity index (χ2n) is 9.26. The van der Waals surface area contributed by atoms with Crippen molar-refractivity contribution in [2.75, 3.05) is 0 Å². The number of pyridine rings is 1. The number of aromatic nitrogens is 1. The highest BCUT2D eigenvalue weighted by molar-refractivity contribution is 6.25. The van der Waals surface area contributed by atoms with Crippen molar-refractivity contribution >= 4 is 43.2 Å². The van der Waals surface area contributed by atoms with E-state index >= 15 is 0 Å². The third-order valence-electron chi connectivity index (χ3n) is 7.57. The Kier molecular flexibility index (Phi) is 3.93. The van der Waals surface area contributed by atoms with Gasteiger partial charge in [0.15, 0.2) is 0 Å². The number of hydrogen-bond donors (Lipinski definition) is 0. The molecule has 1 heteroatoms. The molecule has 0 amide bonds. The van der Waals surface area contributed by atoms with Gasteiger partial charge >= 0.3 is 0 Å². The summed E-state index contributed by atoms with van der Waals surface area (Å²) in [5.74, 6) is 0. The Morgan fingerprint density at radius 2 is 1.45 bits per heavy atom. The van der Waals surface area contributed by atoms with E-state index in [1.807, 2.05) is 0 Å². The molecule has 0 N–H and O–H groups in total. The summed E-state index contributed by atoms with van der Waals surface area (Å²) in [6.45, 7) is 4.46. The topological polar surface area (TPSA) is 12.9 Å². The fourth-order valence-corrected chi connectivity index (χ4v) is 6.06. The third-order valence-corrected chi connectivity index (χ3v) is 7.57. The van der Waals surface area contributed by atoms with Crippen LogP contribution in [0.15, 0.2) is 78.9 Å². The van der Waals surface area contributed by atoms with Crippen molar-refractivity contribution in [3.63, 3.8) is 0 Å². The molecule has 1 aliphatic carbocycles. The molecule has 1 aliphatic rings. The minimum Gasteiger partial charge on any atom is -0.252 e. The summed E-state index contributed by atoms with van der Waals surface area (Å²) in [5.41, 5.74) is 9.47. The fraction of sp³-hybridized carbons (Fsp3) is 0.156. The van der Waals surface area contributed by atoms with Gasteiger partial charge in [-0.15, -0.1) is 0 Å². The fourth-order valence-electron chi connectivity index (χ4n) is 6.06. The van der Waals surface area contributed by atoms with Gasteiger partial charge in [0.25, 0.3) is 0 Å². The van der Waals surface area contributed by atoms with E-state index in [0.29, 0.717) is 0 Å². The molecule has 0 atom stereocenters. The van der Waals surface area contributed by atoms with Crippen molar-refractivity contribution in [2.24, 2.45) is 0 Å². The molecule has 5 aromatic carbocycles. The summed E-state index contributed by atoms with van der Waals surface area (Å²) in [6.07, 6.45) is 2.94. The normalized spacial score (nSPS) is 12.7. The van der Waals surface area contributed by atoms with Crippen molar-refractivity contribution in [3.8, 4) is 11.1 Å². The molecule has 33 heavy (non-hydrogen) atoms. The van der Waals surface area contributed by atoms with E-state index < -0.39 is 0 Å². The van der Waals surface area contributed by atoms with E-state index in [-0.39, 0.29) is 0 Å². The maximum absolute atomic E-state index is 5.21. The van der Waals surface area contributed by atoms with Crippen molar-refractivity contribution in [2.45, 2.75) is 33.1 Å². The van der Waals surface area contributed by atoms with Gasteiger partial charge < -0.3 is 0 Å². The zero-order chi connectivity index (χ0) is 22.1. The van der Waals surface area contributed by atoms with Gasteiger partial charge in [-0.25, -0.2) is 0 Å². The molecule has 0 radical (unpaired) electrons. The minimum atomic E-state index is 0.932. The number of fused-ring (bicyclic) bond motifs is 12. The summed E-state index contributed by atoms with van der Waals surface area (Å²) >= 11 is 0. The lowest BCUT2D eigenvalue weighted by Gasteiger charge is -2.18. The zero-order valence-electron chi connectivity index (χ0n) is 19.1. The lowest BCUT2D eigenvalue weighted by molar-refractivity contribution is 1.07. The van der Waals surface area contributed by atoms with E-state index in [4.69, 9.17) is 4.98 Å². The monoisotopic (exact) mass is 423 g/mol. The second-order valence-corrected chi connectivity index (χ2v) is 9.26. The van der Waals surface area contributed by atoms with Gasteiger partial charge in [-0.05, 0) is 80.1 Å². The Balaban J connectivity index is 1.76. The Morgan fingerprint density at radius 1 is 0.667 bits per heavy atom. The molecule has 0 aliphatic heterocycles. The SMILES string of the molecule is CCc1ccc2c(c1)nc(CC)c1c3ccccc3c3c(c21)Cc1ccc2ccccc2c1-3. The van der Waals surface area contributed by atoms with Crippen LogP contribution in [0, 0.1) is 0 Å². The molecule has 0 unspecified atom stereocenters. The Labute approximate surface area is 193 Å². The molecule has 0 saturated carbocycles. The Bertz CT molecular complexity index is 1760. The summed E-state index contributed by atoms with van der Waals surface area (Å²) in [5, 5.41) is 9.41. The highest BCUT2D eigenvalue weighted by Crippen LogP contribution is 2.50. The summed E-state index contributed by atoms with van der Waals surface area (Å²) in [6, 6.07) is 29.3. The van der Waals surface area contributed by atoms with Crippen LogP contribution in [-0.4, -0.2) is 4.98 Å². The molecule has 7 rings (SSSR count). The molecule has 1 nitrogen and oxygen atoms in total. The number of aryl methyl sites for hydroxylation is 2. The molecule has 6 aromatic rings. The van der Waals surface area contributed by atoms with Crippen LogP contribution in [0.1, 0.15) is 36.2 Å². The van der Waals surface area contributed by atoms with Gasteiger partial charge in [-0.3, -0.25) is 4.98 Å². The summed E-state index contributed by atoms with van der Waals surface area (Å²) < 4.78 is 0. The van der Waals surface area contributed by atoms with Crippen LogP contribution in [0.2, 0.25) is 0 Å². The maximum Gasteiger partial charge on any atom is 0.0714 e. The van der Waals surface area contributed by atoms with Crippen LogP contribution in [0.5, 0.6) is 0 Å². The molecule has 158 valence electrons. The van der Waals surface area contributed by atoms with Crippen molar-refractivity contribution < 1.29 is 0 Å². The van der Waals surface area contributed by atoms with Gasteiger partial charge in [0.1, 0.15) is 0 Å². The summed E-state index contributed by atoms with van der Waals surface area (Å²) in [4.78, 5) is 5.21. The predicted octanol–water partition coefficient (Wildman–Crippen LogP) is 8.39. The molecule has 0 spiro atoms. The standard InChI is InChI=1S/C32H25N/c1-3-19-13-16-25-28(17-19)33-27(4-2)32-24-12-8-7-11-23(24)30-26(31(25)32)18-21-15-14-20-9-5-6-10-22(20)29(21)30/h5-17H,3-4,18H2,1-2H3. The van der Waals surface area contributed by atoms with E-state index in [9.17, 15) is 0 Å². The molecule has 0 fully saturated rings.